The summed E-state index contributed by atoms with van der Waals surface area (Å²) in [5, 5.41) is 9.49. The zero-order chi connectivity index (χ0) is 44.1. The van der Waals surface area contributed by atoms with Gasteiger partial charge in [-0.2, -0.15) is 9.83 Å². The van der Waals surface area contributed by atoms with E-state index in [0.717, 1.165) is 27.3 Å². The fraction of sp³-hybridized carbons (Fsp3) is 0.340. The van der Waals surface area contributed by atoms with Gasteiger partial charge in [-0.3, -0.25) is 19.0 Å². The molecule has 4 aromatic carbocycles. The molecule has 1 fully saturated rings. The van der Waals surface area contributed by atoms with Crippen LogP contribution in [0.2, 0.25) is 0 Å². The third-order valence-corrected chi connectivity index (χ3v) is 13.2. The summed E-state index contributed by atoms with van der Waals surface area (Å²) < 4.78 is 42.4. The number of carbonyl (C=O) groups excluding carboxylic acids is 2. The summed E-state index contributed by atoms with van der Waals surface area (Å²) in [6, 6.07) is 33.8. The van der Waals surface area contributed by atoms with Crippen molar-refractivity contribution in [1.82, 2.24) is 13.8 Å². The van der Waals surface area contributed by atoms with Crippen LogP contribution in [0.3, 0.4) is 0 Å². The summed E-state index contributed by atoms with van der Waals surface area (Å²) in [5.41, 5.74) is -1.00. The molecule has 3 heterocycles. The van der Waals surface area contributed by atoms with E-state index in [2.05, 4.69) is 6.07 Å². The molecule has 2 bridgehead atoms. The first-order chi connectivity index (χ1) is 29.9. The fourth-order valence-electron chi connectivity index (χ4n) is 8.26. The Morgan fingerprint density at radius 1 is 0.774 bits per heavy atom. The number of rotatable bonds is 16. The van der Waals surface area contributed by atoms with Crippen LogP contribution in [-0.2, 0) is 24.1 Å². The number of ether oxygens (including phenoxy) is 4. The molecular weight excluding hydrogens is 812 g/mol. The van der Waals surface area contributed by atoms with Crippen LogP contribution in [0, 0.1) is 17.2 Å². The number of carbonyl (C=O) groups is 2. The topological polar surface area (TPSA) is 161 Å². The lowest BCUT2D eigenvalue weighted by molar-refractivity contribution is -0.0931. The van der Waals surface area contributed by atoms with Gasteiger partial charge in [0.25, 0.3) is 20.0 Å². The molecule has 2 aliphatic rings. The number of nitrogens with zero attached hydrogens (tertiary/aromatic N) is 4. The minimum atomic E-state index is -2.00. The smallest absolute Gasteiger partial charge is 0.340 e. The molecule has 1 aromatic heterocycles. The number of methoxy groups -OCH3 is 2. The van der Waals surface area contributed by atoms with Crippen molar-refractivity contribution in [3.63, 3.8) is 0 Å². The van der Waals surface area contributed by atoms with Crippen LogP contribution >= 0.6 is 8.53 Å². The highest BCUT2D eigenvalue weighted by Crippen LogP contribution is 2.53. The SMILES string of the molecule is COc1ccc(C(OC[C@H]2O[C@@H]3[C@H](C(=O)c4ccccc4C(=O)n4c(=O)ccn3c4=O)[C@@H]2OP(OCCC#N)N(C(C)C)C(C)C)(c2ccccc2)c2ccc(OC)cc2)cc1. The molecule has 1 saturated heterocycles. The molecule has 2 aliphatic heterocycles. The quantitative estimate of drug-likeness (QED) is 0.0564. The van der Waals surface area contributed by atoms with Gasteiger partial charge >= 0.3 is 5.69 Å². The molecule has 5 atom stereocenters. The Morgan fingerprint density at radius 3 is 1.90 bits per heavy atom. The molecule has 0 N–H and O–H groups in total. The Morgan fingerprint density at radius 2 is 1.34 bits per heavy atom. The first-order valence-electron chi connectivity index (χ1n) is 20.4. The molecule has 14 nitrogen and oxygen atoms in total. The van der Waals surface area contributed by atoms with Gasteiger partial charge in [0.1, 0.15) is 29.3 Å². The molecule has 0 aliphatic carbocycles. The fourth-order valence-corrected chi connectivity index (χ4v) is 10.0. The molecule has 1 unspecified atom stereocenters. The minimum absolute atomic E-state index is 0.00461. The van der Waals surface area contributed by atoms with Gasteiger partial charge in [0.15, 0.2) is 12.0 Å². The van der Waals surface area contributed by atoms with Gasteiger partial charge in [0.05, 0.1) is 51.4 Å². The lowest BCUT2D eigenvalue weighted by Gasteiger charge is -2.39. The molecule has 0 radical (unpaired) electrons. The summed E-state index contributed by atoms with van der Waals surface area (Å²) >= 11 is 0. The van der Waals surface area contributed by atoms with Crippen molar-refractivity contribution >= 4 is 20.2 Å². The number of Topliss-reactive ketones (excluding diaryl/α,β-unsaturated/α-hetero) is 1. The summed E-state index contributed by atoms with van der Waals surface area (Å²) in [7, 11) is 1.18. The van der Waals surface area contributed by atoms with Crippen LogP contribution < -0.4 is 20.7 Å². The average Bonchev–Trinajstić information content (AvgIpc) is 3.64. The second-order valence-corrected chi connectivity index (χ2v) is 16.8. The van der Waals surface area contributed by atoms with Crippen LogP contribution in [0.5, 0.6) is 11.5 Å². The number of fused-ring (bicyclic) bond motifs is 5. The zero-order valence-electron chi connectivity index (χ0n) is 35.4. The molecule has 322 valence electrons. The average molecular weight is 861 g/mol. The second kappa shape index (κ2) is 19.1. The Hall–Kier alpha value is -5.78. The first-order valence-corrected chi connectivity index (χ1v) is 21.5. The van der Waals surface area contributed by atoms with Gasteiger partial charge in [-0.05, 0) is 74.7 Å². The van der Waals surface area contributed by atoms with E-state index in [1.807, 2.05) is 111 Å². The van der Waals surface area contributed by atoms with Crippen molar-refractivity contribution < 1.29 is 37.6 Å². The largest absolute Gasteiger partial charge is 0.497 e. The van der Waals surface area contributed by atoms with Gasteiger partial charge in [-0.15, -0.1) is 0 Å². The third-order valence-electron chi connectivity index (χ3n) is 11.1. The molecule has 0 spiro atoms. The van der Waals surface area contributed by atoms with Gasteiger partial charge in [-0.1, -0.05) is 72.8 Å². The first kappa shape index (κ1) is 44.3. The Labute approximate surface area is 361 Å². The summed E-state index contributed by atoms with van der Waals surface area (Å²) in [4.78, 5) is 56.7. The van der Waals surface area contributed by atoms with E-state index in [-0.39, 0.29) is 42.8 Å². The van der Waals surface area contributed by atoms with E-state index in [4.69, 9.17) is 28.0 Å². The summed E-state index contributed by atoms with van der Waals surface area (Å²) in [5.74, 6) is -1.47. The summed E-state index contributed by atoms with van der Waals surface area (Å²) in [6.45, 7) is 7.81. The second-order valence-electron chi connectivity index (χ2n) is 15.4. The van der Waals surface area contributed by atoms with Gasteiger partial charge < -0.3 is 28.0 Å². The van der Waals surface area contributed by atoms with E-state index in [9.17, 15) is 19.6 Å². The number of ketones is 1. The van der Waals surface area contributed by atoms with Gasteiger partial charge in [0, 0.05) is 29.9 Å². The van der Waals surface area contributed by atoms with Crippen LogP contribution in [0.4, 0.5) is 0 Å². The molecule has 62 heavy (non-hydrogen) atoms. The van der Waals surface area contributed by atoms with E-state index >= 15 is 4.79 Å². The van der Waals surface area contributed by atoms with E-state index in [0.29, 0.717) is 16.1 Å². The van der Waals surface area contributed by atoms with E-state index in [1.54, 1.807) is 26.4 Å². The molecule has 5 aromatic rings. The Balaban J connectivity index is 1.43. The lowest BCUT2D eigenvalue weighted by Crippen LogP contribution is -2.44. The van der Waals surface area contributed by atoms with Crippen molar-refractivity contribution in [1.29, 1.82) is 5.26 Å². The highest BCUT2D eigenvalue weighted by atomic mass is 31.2. The predicted molar refractivity (Wildman–Crippen MR) is 231 cm³/mol. The third kappa shape index (κ3) is 8.40. The molecule has 15 heteroatoms. The zero-order valence-corrected chi connectivity index (χ0v) is 36.3. The monoisotopic (exact) mass is 860 g/mol. The predicted octanol–water partition coefficient (Wildman–Crippen LogP) is 7.10. The highest BCUT2D eigenvalue weighted by Gasteiger charge is 2.54. The summed E-state index contributed by atoms with van der Waals surface area (Å²) in [6.07, 6.45) is -2.29. The maximum Gasteiger partial charge on any atom is 0.340 e. The highest BCUT2D eigenvalue weighted by molar-refractivity contribution is 7.44. The van der Waals surface area contributed by atoms with Crippen molar-refractivity contribution in [2.24, 2.45) is 5.92 Å². The van der Waals surface area contributed by atoms with Gasteiger partial charge in [0.2, 0.25) is 0 Å². The van der Waals surface area contributed by atoms with Gasteiger partial charge in [-0.25, -0.2) is 9.46 Å². The molecule has 0 amide bonds. The van der Waals surface area contributed by atoms with Crippen LogP contribution in [0.1, 0.15) is 77.8 Å². The van der Waals surface area contributed by atoms with Crippen molar-refractivity contribution in [3.05, 3.63) is 164 Å². The maximum atomic E-state index is 15.2. The Kier molecular flexibility index (Phi) is 13.6. The van der Waals surface area contributed by atoms with E-state index < -0.39 is 61.4 Å². The normalized spacial score (nSPS) is 19.0. The lowest BCUT2D eigenvalue weighted by atomic mass is 9.80. The number of nitriles is 1. The number of benzene rings is 4. The van der Waals surface area contributed by atoms with E-state index in [1.165, 1.54) is 18.3 Å². The molecular formula is C47H49N4O10P. The standard InChI is InChI=1S/C47H49N4O10P/c1-30(2)51(31(3)4)62(59-28-12-26-48)61-43-39(60-45-41(43)42(53)37-15-10-11-16-38(37)44(54)50-40(52)25-27-49(45)46(50)55)29-58-47(32-13-8-7-9-14-32,33-17-21-35(56-5)22-18-33)34-19-23-36(57-6)24-20-34/h7-11,13-25,27,30-31,39,41,43,45H,12,28-29H2,1-6H3/t39-,41-,43-,45-,62?/m1/s1. The minimum Gasteiger partial charge on any atom is -0.497 e. The van der Waals surface area contributed by atoms with Crippen LogP contribution in [-0.4, -0.2) is 77.2 Å². The van der Waals surface area contributed by atoms with Crippen LogP contribution in [0.25, 0.3) is 0 Å². The molecule has 7 rings (SSSR count). The maximum absolute atomic E-state index is 15.2. The van der Waals surface area contributed by atoms with Crippen molar-refractivity contribution in [2.75, 3.05) is 27.4 Å². The number of aromatic nitrogens is 2. The number of hydrogen-bond donors (Lipinski definition) is 0. The van der Waals surface area contributed by atoms with Crippen LogP contribution in [0.15, 0.2) is 125 Å². The van der Waals surface area contributed by atoms with Crippen molar-refractivity contribution in [3.8, 4) is 17.6 Å². The number of hydrogen-bond acceptors (Lipinski definition) is 12. The molecule has 0 saturated carbocycles. The van der Waals surface area contributed by atoms with Crippen molar-refractivity contribution in [2.45, 2.75) is 70.2 Å². The Bertz CT molecular complexity index is 2480.